The maximum Gasteiger partial charge on any atom is 0.273 e. The van der Waals surface area contributed by atoms with Gasteiger partial charge in [-0.1, -0.05) is 72.8 Å². The predicted octanol–water partition coefficient (Wildman–Crippen LogP) is 4.24. The van der Waals surface area contributed by atoms with Crippen LogP contribution in [0.1, 0.15) is 38.5 Å². The second kappa shape index (κ2) is 9.16. The Kier molecular flexibility index (Phi) is 5.54. The molecule has 0 radical (unpaired) electrons. The molecule has 8 rings (SSSR count). The highest BCUT2D eigenvalue weighted by Crippen LogP contribution is 2.63. The van der Waals surface area contributed by atoms with E-state index in [-0.39, 0.29) is 17.7 Å². The van der Waals surface area contributed by atoms with Gasteiger partial charge in [-0.25, -0.2) is 10.3 Å². The number of hydrogen-bond donors (Lipinski definition) is 2. The smallest absolute Gasteiger partial charge is 0.273 e. The Morgan fingerprint density at radius 1 is 0.878 bits per heavy atom. The van der Waals surface area contributed by atoms with Gasteiger partial charge in [-0.15, -0.1) is 0 Å². The molecule has 0 aromatic heterocycles. The molecule has 8 heteroatoms. The molecular weight excluding hydrogens is 516 g/mol. The Morgan fingerprint density at radius 3 is 2.17 bits per heavy atom. The van der Waals surface area contributed by atoms with Gasteiger partial charge in [-0.3, -0.25) is 14.4 Å². The minimum absolute atomic E-state index is 0.280. The van der Waals surface area contributed by atoms with Gasteiger partial charge in [-0.2, -0.15) is 5.10 Å². The molecule has 2 atom stereocenters. The summed E-state index contributed by atoms with van der Waals surface area (Å²) in [6.45, 7) is 0. The van der Waals surface area contributed by atoms with Gasteiger partial charge in [0.15, 0.2) is 0 Å². The summed E-state index contributed by atoms with van der Waals surface area (Å²) in [5.74, 6) is -2.40. The zero-order valence-electron chi connectivity index (χ0n) is 22.2. The number of benzene rings is 4. The predicted molar refractivity (Wildman–Crippen MR) is 155 cm³/mol. The molecule has 4 aromatic rings. The molecular formula is C33H26N4O4. The summed E-state index contributed by atoms with van der Waals surface area (Å²) in [5, 5.41) is 4.44. The number of para-hydroxylation sites is 3. The monoisotopic (exact) mass is 542 g/mol. The first-order valence-corrected chi connectivity index (χ1v) is 13.4. The number of rotatable bonds is 5. The molecule has 2 bridgehead atoms. The van der Waals surface area contributed by atoms with E-state index >= 15 is 0 Å². The number of imide groups is 1. The van der Waals surface area contributed by atoms with Crippen LogP contribution in [0.2, 0.25) is 0 Å². The van der Waals surface area contributed by atoms with Gasteiger partial charge in [0.05, 0.1) is 35.6 Å². The van der Waals surface area contributed by atoms with Crippen molar-refractivity contribution in [2.24, 2.45) is 16.9 Å². The topological polar surface area (TPSA) is 114 Å². The lowest BCUT2D eigenvalue weighted by atomic mass is 9.47. The summed E-state index contributed by atoms with van der Waals surface area (Å²) in [7, 11) is 1.52. The van der Waals surface area contributed by atoms with Gasteiger partial charge in [-0.05, 0) is 46.5 Å². The lowest BCUT2D eigenvalue weighted by molar-refractivity contribution is -0.122. The Bertz CT molecular complexity index is 1730. The molecule has 41 heavy (non-hydrogen) atoms. The second-order valence-corrected chi connectivity index (χ2v) is 10.5. The van der Waals surface area contributed by atoms with Gasteiger partial charge >= 0.3 is 0 Å². The van der Waals surface area contributed by atoms with E-state index in [0.29, 0.717) is 22.7 Å². The number of nitrogens with zero attached hydrogens (tertiary/aromatic N) is 2. The number of ether oxygens (including phenoxy) is 1. The maximum absolute atomic E-state index is 14.5. The van der Waals surface area contributed by atoms with Crippen LogP contribution in [0.3, 0.4) is 0 Å². The maximum atomic E-state index is 14.5. The number of carbonyl (C=O) groups excluding carboxylic acids is 3. The number of methoxy groups -OCH3 is 1. The first-order chi connectivity index (χ1) is 20.0. The molecule has 8 nitrogen and oxygen atoms in total. The Hall–Kier alpha value is -5.24. The van der Waals surface area contributed by atoms with Crippen molar-refractivity contribution < 1.29 is 19.1 Å². The van der Waals surface area contributed by atoms with E-state index in [0.717, 1.165) is 22.3 Å². The molecule has 0 unspecified atom stereocenters. The van der Waals surface area contributed by atoms with E-state index in [1.807, 2.05) is 48.5 Å². The number of carbonyl (C=O) groups is 3. The minimum Gasteiger partial charge on any atom is -0.495 e. The number of hydrogen-bond acceptors (Lipinski definition) is 6. The SMILES string of the molecule is COc1ccccc1N1C(=O)[C@H]2C3c4ccccc4C(/C=N\NC(=O)c4ccccc4N)(c4ccccc43)[C@H]2C1=O. The second-order valence-electron chi connectivity index (χ2n) is 10.5. The van der Waals surface area contributed by atoms with Crippen molar-refractivity contribution in [1.82, 2.24) is 5.43 Å². The largest absolute Gasteiger partial charge is 0.495 e. The normalized spacial score (nSPS) is 23.7. The summed E-state index contributed by atoms with van der Waals surface area (Å²) < 4.78 is 5.54. The van der Waals surface area contributed by atoms with E-state index in [4.69, 9.17) is 10.5 Å². The molecule has 1 heterocycles. The fourth-order valence-electron chi connectivity index (χ4n) is 7.06. The summed E-state index contributed by atoms with van der Waals surface area (Å²) >= 11 is 0. The molecule has 1 fully saturated rings. The highest BCUT2D eigenvalue weighted by atomic mass is 16.5. The highest BCUT2D eigenvalue weighted by molar-refractivity contribution is 6.25. The Morgan fingerprint density at radius 2 is 1.49 bits per heavy atom. The first-order valence-electron chi connectivity index (χ1n) is 13.4. The van der Waals surface area contributed by atoms with Crippen LogP contribution in [0.25, 0.3) is 0 Å². The zero-order valence-corrected chi connectivity index (χ0v) is 22.2. The van der Waals surface area contributed by atoms with E-state index in [2.05, 4.69) is 10.5 Å². The number of hydrazone groups is 1. The van der Waals surface area contributed by atoms with Gasteiger partial charge in [0.1, 0.15) is 5.75 Å². The van der Waals surface area contributed by atoms with Crippen LogP contribution < -0.4 is 20.8 Å². The molecule has 202 valence electrons. The third-order valence-corrected chi connectivity index (χ3v) is 8.65. The van der Waals surface area contributed by atoms with Gasteiger partial charge in [0, 0.05) is 17.8 Å². The number of nitrogens with one attached hydrogen (secondary N) is 1. The molecule has 4 aliphatic rings. The van der Waals surface area contributed by atoms with Crippen molar-refractivity contribution in [2.75, 3.05) is 17.7 Å². The first kappa shape index (κ1) is 24.8. The summed E-state index contributed by atoms with van der Waals surface area (Å²) in [6, 6.07) is 29.5. The molecule has 3 amide bonds. The van der Waals surface area contributed by atoms with Gasteiger partial charge in [0.25, 0.3) is 5.91 Å². The van der Waals surface area contributed by atoms with E-state index < -0.39 is 23.2 Å². The number of nitrogen functional groups attached to an aromatic ring is 1. The average molecular weight is 543 g/mol. The quantitative estimate of drug-likeness (QED) is 0.169. The fraction of sp³-hybridized carbons (Fsp3) is 0.152. The molecule has 3 N–H and O–H groups in total. The van der Waals surface area contributed by atoms with Crippen molar-refractivity contribution in [3.05, 3.63) is 125 Å². The zero-order chi connectivity index (χ0) is 28.3. The molecule has 1 aliphatic heterocycles. The molecule has 0 spiro atoms. The molecule has 4 aromatic carbocycles. The molecule has 1 saturated heterocycles. The molecule has 3 aliphatic carbocycles. The minimum atomic E-state index is -1.11. The lowest BCUT2D eigenvalue weighted by Crippen LogP contribution is -2.54. The summed E-state index contributed by atoms with van der Waals surface area (Å²) in [4.78, 5) is 43.1. The average Bonchev–Trinajstić information content (AvgIpc) is 3.27. The lowest BCUT2D eigenvalue weighted by Gasteiger charge is -2.52. The summed E-state index contributed by atoms with van der Waals surface area (Å²) in [5.41, 5.74) is 12.3. The van der Waals surface area contributed by atoms with E-state index in [1.54, 1.807) is 54.7 Å². The standard InChI is InChI=1S/C33H26N4O4/c1-41-26-17-9-8-16-25(26)37-31(39)28-27-19-10-2-5-13-22(19)33(29(28)32(37)40,23-14-6-3-11-20(23)27)18-35-36-30(38)21-12-4-7-15-24(21)34/h2-18,27-29H,34H2,1H3,(H,36,38)/b35-18-/t27?,28-,29+,33?/m0/s1. The van der Waals surface area contributed by atoms with Crippen molar-refractivity contribution >= 4 is 35.3 Å². The third-order valence-electron chi connectivity index (χ3n) is 8.65. The van der Waals surface area contributed by atoms with E-state index in [1.165, 1.54) is 12.0 Å². The third kappa shape index (κ3) is 3.34. The van der Waals surface area contributed by atoms with Crippen molar-refractivity contribution in [3.63, 3.8) is 0 Å². The van der Waals surface area contributed by atoms with Gasteiger partial charge < -0.3 is 10.5 Å². The fourth-order valence-corrected chi connectivity index (χ4v) is 7.06. The van der Waals surface area contributed by atoms with Crippen LogP contribution in [-0.4, -0.2) is 31.0 Å². The van der Waals surface area contributed by atoms with Crippen LogP contribution in [0.4, 0.5) is 11.4 Å². The number of anilines is 2. The number of nitrogens with two attached hydrogens (primary N) is 1. The van der Waals surface area contributed by atoms with Crippen molar-refractivity contribution in [2.45, 2.75) is 11.3 Å². The highest BCUT2D eigenvalue weighted by Gasteiger charge is 2.68. The van der Waals surface area contributed by atoms with Crippen LogP contribution in [0.15, 0.2) is 102 Å². The van der Waals surface area contributed by atoms with Crippen LogP contribution >= 0.6 is 0 Å². The van der Waals surface area contributed by atoms with Crippen LogP contribution in [0.5, 0.6) is 5.75 Å². The van der Waals surface area contributed by atoms with Crippen molar-refractivity contribution in [3.8, 4) is 5.75 Å². The van der Waals surface area contributed by atoms with E-state index in [9.17, 15) is 14.4 Å². The number of amides is 3. The van der Waals surface area contributed by atoms with Crippen molar-refractivity contribution in [1.29, 1.82) is 0 Å². The van der Waals surface area contributed by atoms with Crippen LogP contribution in [-0.2, 0) is 15.0 Å². The Labute approximate surface area is 236 Å². The molecule has 0 saturated carbocycles. The van der Waals surface area contributed by atoms with Crippen LogP contribution in [0, 0.1) is 11.8 Å². The summed E-state index contributed by atoms with van der Waals surface area (Å²) in [6.07, 6.45) is 1.63. The van der Waals surface area contributed by atoms with Gasteiger partial charge in [0.2, 0.25) is 11.8 Å². The Balaban J connectivity index is 1.42.